The van der Waals surface area contributed by atoms with E-state index in [4.69, 9.17) is 4.74 Å². The summed E-state index contributed by atoms with van der Waals surface area (Å²) in [7, 11) is 0. The molecular weight excluding hydrogens is 452 g/mol. The van der Waals surface area contributed by atoms with E-state index in [0.717, 1.165) is 37.2 Å². The first-order valence-electron chi connectivity index (χ1n) is 12.6. The van der Waals surface area contributed by atoms with Gasteiger partial charge in [-0.3, -0.25) is 4.79 Å². The first kappa shape index (κ1) is 25.1. The number of para-hydroxylation sites is 2. The molecule has 1 unspecified atom stereocenters. The van der Waals surface area contributed by atoms with Crippen molar-refractivity contribution in [2.45, 2.75) is 39.2 Å². The van der Waals surface area contributed by atoms with Gasteiger partial charge in [-0.25, -0.2) is 4.79 Å². The van der Waals surface area contributed by atoms with Crippen molar-refractivity contribution in [1.29, 1.82) is 0 Å². The van der Waals surface area contributed by atoms with Crippen molar-refractivity contribution in [2.24, 2.45) is 0 Å². The number of nitrogens with one attached hydrogen (secondary N) is 3. The first-order chi connectivity index (χ1) is 17.5. The van der Waals surface area contributed by atoms with Gasteiger partial charge in [0.1, 0.15) is 5.75 Å². The highest BCUT2D eigenvalue weighted by atomic mass is 16.5. The van der Waals surface area contributed by atoms with Gasteiger partial charge in [0, 0.05) is 24.5 Å². The Morgan fingerprint density at radius 2 is 1.64 bits per heavy atom. The van der Waals surface area contributed by atoms with Crippen LogP contribution in [0.5, 0.6) is 5.75 Å². The van der Waals surface area contributed by atoms with Gasteiger partial charge in [0.2, 0.25) is 0 Å². The number of amides is 3. The molecule has 188 valence electrons. The Kier molecular flexibility index (Phi) is 8.44. The van der Waals surface area contributed by atoms with Gasteiger partial charge in [0.05, 0.1) is 23.9 Å². The number of ether oxygens (including phenoxy) is 1. The fourth-order valence-corrected chi connectivity index (χ4v) is 4.44. The summed E-state index contributed by atoms with van der Waals surface area (Å²) in [5.74, 6) is 0.434. The quantitative estimate of drug-likeness (QED) is 0.353. The van der Waals surface area contributed by atoms with E-state index in [1.807, 2.05) is 74.5 Å². The van der Waals surface area contributed by atoms with Crippen LogP contribution in [0, 0.1) is 0 Å². The fraction of sp³-hybridized carbons (Fsp3) is 0.310. The Labute approximate surface area is 212 Å². The molecule has 0 bridgehead atoms. The maximum atomic E-state index is 13.5. The SMILES string of the molecule is CCOc1ccccc1NC(=O)Nc1ccc(N2CCCCC2)c(C(=O)NC(C)c2ccccc2)c1. The summed E-state index contributed by atoms with van der Waals surface area (Å²) in [6.07, 6.45) is 3.40. The zero-order chi connectivity index (χ0) is 25.3. The summed E-state index contributed by atoms with van der Waals surface area (Å²) in [5.41, 5.74) is 3.59. The molecule has 3 N–H and O–H groups in total. The molecule has 4 rings (SSSR count). The second kappa shape index (κ2) is 12.1. The number of urea groups is 1. The Balaban J connectivity index is 1.54. The maximum Gasteiger partial charge on any atom is 0.323 e. The van der Waals surface area contributed by atoms with Crippen LogP contribution in [0.2, 0.25) is 0 Å². The molecule has 0 aliphatic carbocycles. The zero-order valence-corrected chi connectivity index (χ0v) is 20.9. The lowest BCUT2D eigenvalue weighted by atomic mass is 10.0. The molecule has 1 atom stereocenters. The summed E-state index contributed by atoms with van der Waals surface area (Å²) >= 11 is 0. The number of nitrogens with zero attached hydrogens (tertiary/aromatic N) is 1. The van der Waals surface area contributed by atoms with Crippen LogP contribution < -0.4 is 25.6 Å². The summed E-state index contributed by atoms with van der Waals surface area (Å²) < 4.78 is 5.59. The molecule has 1 fully saturated rings. The van der Waals surface area contributed by atoms with E-state index in [1.165, 1.54) is 6.42 Å². The zero-order valence-electron chi connectivity index (χ0n) is 20.9. The highest BCUT2D eigenvalue weighted by Gasteiger charge is 2.21. The van der Waals surface area contributed by atoms with Crippen LogP contribution in [0.1, 0.15) is 55.1 Å². The Bertz CT molecular complexity index is 1180. The second-order valence-corrected chi connectivity index (χ2v) is 8.89. The van der Waals surface area contributed by atoms with Crippen molar-refractivity contribution >= 4 is 29.0 Å². The number of piperidine rings is 1. The Morgan fingerprint density at radius 3 is 2.39 bits per heavy atom. The fourth-order valence-electron chi connectivity index (χ4n) is 4.44. The van der Waals surface area contributed by atoms with Gasteiger partial charge in [0.25, 0.3) is 5.91 Å². The lowest BCUT2D eigenvalue weighted by Crippen LogP contribution is -2.33. The van der Waals surface area contributed by atoms with Gasteiger partial charge in [-0.15, -0.1) is 0 Å². The normalized spacial score (nSPS) is 14.0. The number of benzene rings is 3. The molecule has 3 aromatic carbocycles. The van der Waals surface area contributed by atoms with Crippen LogP contribution in [0.3, 0.4) is 0 Å². The molecule has 3 aromatic rings. The minimum atomic E-state index is -0.406. The predicted octanol–water partition coefficient (Wildman–Crippen LogP) is 6.21. The van der Waals surface area contributed by atoms with Crippen LogP contribution in [-0.4, -0.2) is 31.6 Å². The molecule has 1 saturated heterocycles. The predicted molar refractivity (Wildman–Crippen MR) is 145 cm³/mol. The number of hydrogen-bond acceptors (Lipinski definition) is 4. The van der Waals surface area contributed by atoms with E-state index in [9.17, 15) is 9.59 Å². The van der Waals surface area contributed by atoms with Gasteiger partial charge in [-0.2, -0.15) is 0 Å². The van der Waals surface area contributed by atoms with Gasteiger partial charge < -0.3 is 25.6 Å². The minimum absolute atomic E-state index is 0.150. The summed E-state index contributed by atoms with van der Waals surface area (Å²) in [5, 5.41) is 8.83. The third-order valence-electron chi connectivity index (χ3n) is 6.28. The summed E-state index contributed by atoms with van der Waals surface area (Å²) in [6, 6.07) is 22.1. The molecule has 1 aliphatic heterocycles. The average Bonchev–Trinajstić information content (AvgIpc) is 2.91. The molecule has 0 saturated carbocycles. The first-order valence-corrected chi connectivity index (χ1v) is 12.6. The largest absolute Gasteiger partial charge is 0.492 e. The van der Waals surface area contributed by atoms with Crippen molar-refractivity contribution in [3.05, 3.63) is 83.9 Å². The van der Waals surface area contributed by atoms with E-state index in [2.05, 4.69) is 20.9 Å². The van der Waals surface area contributed by atoms with Gasteiger partial charge >= 0.3 is 6.03 Å². The number of carbonyl (C=O) groups excluding carboxylic acids is 2. The average molecular weight is 487 g/mol. The molecule has 1 heterocycles. The number of rotatable bonds is 8. The van der Waals surface area contributed by atoms with Crippen molar-refractivity contribution in [2.75, 3.05) is 35.2 Å². The smallest absolute Gasteiger partial charge is 0.323 e. The Morgan fingerprint density at radius 1 is 0.917 bits per heavy atom. The van der Waals surface area contributed by atoms with Crippen LogP contribution in [-0.2, 0) is 0 Å². The molecule has 36 heavy (non-hydrogen) atoms. The lowest BCUT2D eigenvalue weighted by molar-refractivity contribution is 0.0940. The van der Waals surface area contributed by atoms with Crippen molar-refractivity contribution < 1.29 is 14.3 Å². The van der Waals surface area contributed by atoms with Crippen molar-refractivity contribution in [1.82, 2.24) is 5.32 Å². The number of carbonyl (C=O) groups is 2. The Hall–Kier alpha value is -4.00. The second-order valence-electron chi connectivity index (χ2n) is 8.89. The van der Waals surface area contributed by atoms with E-state index >= 15 is 0 Å². The van der Waals surface area contributed by atoms with Crippen molar-refractivity contribution in [3.8, 4) is 5.75 Å². The van der Waals surface area contributed by atoms with E-state index in [1.54, 1.807) is 12.1 Å². The summed E-state index contributed by atoms with van der Waals surface area (Å²) in [6.45, 7) is 6.19. The van der Waals surface area contributed by atoms with E-state index < -0.39 is 6.03 Å². The summed E-state index contributed by atoms with van der Waals surface area (Å²) in [4.78, 5) is 28.5. The van der Waals surface area contributed by atoms with E-state index in [-0.39, 0.29) is 11.9 Å². The molecular formula is C29H34N4O3. The minimum Gasteiger partial charge on any atom is -0.492 e. The molecule has 0 spiro atoms. The van der Waals surface area contributed by atoms with E-state index in [0.29, 0.717) is 29.3 Å². The third-order valence-corrected chi connectivity index (χ3v) is 6.28. The van der Waals surface area contributed by atoms with Crippen LogP contribution >= 0.6 is 0 Å². The molecule has 1 aliphatic rings. The van der Waals surface area contributed by atoms with Gasteiger partial charge in [0.15, 0.2) is 0 Å². The standard InChI is InChI=1S/C29H34N4O3/c1-3-36-27-15-9-8-14-25(27)32-29(35)31-23-16-17-26(33-18-10-5-11-19-33)24(20-23)28(34)30-21(2)22-12-6-4-7-13-22/h4,6-9,12-17,20-21H,3,5,10-11,18-19H2,1-2H3,(H,30,34)(H2,31,32,35). The third kappa shape index (κ3) is 6.36. The van der Waals surface area contributed by atoms with Crippen LogP contribution in [0.15, 0.2) is 72.8 Å². The molecule has 7 nitrogen and oxygen atoms in total. The van der Waals surface area contributed by atoms with Crippen molar-refractivity contribution in [3.63, 3.8) is 0 Å². The highest BCUT2D eigenvalue weighted by Crippen LogP contribution is 2.29. The molecule has 0 radical (unpaired) electrons. The number of hydrogen-bond donors (Lipinski definition) is 3. The maximum absolute atomic E-state index is 13.5. The molecule has 0 aromatic heterocycles. The van der Waals surface area contributed by atoms with Crippen LogP contribution in [0.25, 0.3) is 0 Å². The van der Waals surface area contributed by atoms with Gasteiger partial charge in [-0.05, 0) is 69.0 Å². The lowest BCUT2D eigenvalue weighted by Gasteiger charge is -2.31. The molecule has 7 heteroatoms. The number of anilines is 3. The monoisotopic (exact) mass is 486 g/mol. The highest BCUT2D eigenvalue weighted by molar-refractivity contribution is 6.04. The van der Waals surface area contributed by atoms with Crippen LogP contribution in [0.4, 0.5) is 21.9 Å². The molecule has 3 amide bonds. The van der Waals surface area contributed by atoms with Gasteiger partial charge in [-0.1, -0.05) is 42.5 Å². The topological polar surface area (TPSA) is 82.7 Å².